The van der Waals surface area contributed by atoms with Crippen molar-refractivity contribution in [3.05, 3.63) is 59.2 Å². The minimum absolute atomic E-state index is 0.184. The topological polar surface area (TPSA) is 47.9 Å². The quantitative estimate of drug-likeness (QED) is 0.610. The number of aryl methyl sites for hydroxylation is 1. The number of nitrogens with one attached hydrogen (secondary N) is 1. The Kier molecular flexibility index (Phi) is 6.13. The highest BCUT2D eigenvalue weighted by atomic mass is 16.2. The van der Waals surface area contributed by atoms with Crippen LogP contribution in [0.3, 0.4) is 0 Å². The van der Waals surface area contributed by atoms with Gasteiger partial charge in [0.15, 0.2) is 0 Å². The number of nitrogens with zero attached hydrogens (tertiary/aromatic N) is 3. The van der Waals surface area contributed by atoms with Crippen LogP contribution in [0, 0.1) is 6.92 Å². The van der Waals surface area contributed by atoms with Gasteiger partial charge in [0.1, 0.15) is 0 Å². The number of hydrazone groups is 1. The Morgan fingerprint density at radius 3 is 2.10 bits per heavy atom. The van der Waals surface area contributed by atoms with Crippen molar-refractivity contribution in [2.45, 2.75) is 39.0 Å². The Hall–Kier alpha value is -2.82. The lowest BCUT2D eigenvalue weighted by molar-refractivity contribution is 0.0955. The van der Waals surface area contributed by atoms with E-state index >= 15 is 0 Å². The monoisotopic (exact) mass is 390 g/mol. The fourth-order valence-corrected chi connectivity index (χ4v) is 4.18. The summed E-state index contributed by atoms with van der Waals surface area (Å²) in [6.07, 6.45) is 8.10. The second-order valence-electron chi connectivity index (χ2n) is 8.03. The van der Waals surface area contributed by atoms with E-state index in [0.717, 1.165) is 31.7 Å². The number of carbonyl (C=O) groups is 1. The largest absolute Gasteiger partial charge is 0.372 e. The maximum atomic E-state index is 12.4. The van der Waals surface area contributed by atoms with Crippen molar-refractivity contribution < 1.29 is 4.79 Å². The molecule has 152 valence electrons. The first-order valence-electron chi connectivity index (χ1n) is 10.7. The van der Waals surface area contributed by atoms with Gasteiger partial charge in [0, 0.05) is 43.1 Å². The third kappa shape index (κ3) is 4.78. The fourth-order valence-electron chi connectivity index (χ4n) is 4.18. The number of amides is 1. The molecule has 2 aromatic carbocycles. The summed E-state index contributed by atoms with van der Waals surface area (Å²) in [5.74, 6) is -0.184. The summed E-state index contributed by atoms with van der Waals surface area (Å²) < 4.78 is 0. The number of hydrogen-bond donors (Lipinski definition) is 1. The zero-order valence-corrected chi connectivity index (χ0v) is 17.2. The Balaban J connectivity index is 1.34. The number of carbonyl (C=O) groups excluding carboxylic acids is 1. The van der Waals surface area contributed by atoms with Gasteiger partial charge >= 0.3 is 0 Å². The molecule has 4 rings (SSSR count). The van der Waals surface area contributed by atoms with Gasteiger partial charge in [-0.3, -0.25) is 4.79 Å². The molecule has 2 fully saturated rings. The van der Waals surface area contributed by atoms with Gasteiger partial charge in [0.2, 0.25) is 0 Å². The molecule has 0 unspecified atom stereocenters. The molecule has 1 N–H and O–H groups in total. The zero-order valence-electron chi connectivity index (χ0n) is 17.2. The highest BCUT2D eigenvalue weighted by molar-refractivity contribution is 5.95. The molecule has 2 saturated heterocycles. The first kappa shape index (κ1) is 19.5. The minimum Gasteiger partial charge on any atom is -0.372 e. The summed E-state index contributed by atoms with van der Waals surface area (Å²) in [6, 6.07) is 14.2. The molecular formula is C24H30N4O. The fraction of sp³-hybridized carbons (Fsp3) is 0.417. The van der Waals surface area contributed by atoms with Gasteiger partial charge in [0.25, 0.3) is 5.91 Å². The Morgan fingerprint density at radius 1 is 0.862 bits per heavy atom. The smallest absolute Gasteiger partial charge is 0.271 e. The summed E-state index contributed by atoms with van der Waals surface area (Å²) in [5, 5.41) is 4.17. The first-order chi connectivity index (χ1) is 14.2. The van der Waals surface area contributed by atoms with Crippen LogP contribution in [-0.4, -0.2) is 38.3 Å². The molecule has 0 atom stereocenters. The van der Waals surface area contributed by atoms with Crippen LogP contribution in [0.2, 0.25) is 0 Å². The predicted molar refractivity (Wildman–Crippen MR) is 120 cm³/mol. The maximum absolute atomic E-state index is 12.4. The van der Waals surface area contributed by atoms with Gasteiger partial charge in [-0.2, -0.15) is 5.10 Å². The zero-order chi connectivity index (χ0) is 20.1. The standard InChI is InChI=1S/C24H30N4O/c1-19-17-23(28-13-3-2-4-14-28)12-9-21(19)18-25-26-24(29)20-7-10-22(11-8-20)27-15-5-6-16-27/h7-12,17-18H,2-6,13-16H2,1H3,(H,26,29)/b25-18-. The molecule has 2 aromatic rings. The number of piperidine rings is 1. The summed E-state index contributed by atoms with van der Waals surface area (Å²) >= 11 is 0. The lowest BCUT2D eigenvalue weighted by Crippen LogP contribution is -2.29. The summed E-state index contributed by atoms with van der Waals surface area (Å²) in [4.78, 5) is 17.2. The van der Waals surface area contributed by atoms with Gasteiger partial charge in [-0.05, 0) is 86.6 Å². The van der Waals surface area contributed by atoms with Gasteiger partial charge < -0.3 is 9.80 Å². The van der Waals surface area contributed by atoms with Crippen LogP contribution in [0.1, 0.15) is 53.6 Å². The van der Waals surface area contributed by atoms with Crippen molar-refractivity contribution >= 4 is 23.5 Å². The van der Waals surface area contributed by atoms with Gasteiger partial charge in [-0.15, -0.1) is 0 Å². The van der Waals surface area contributed by atoms with Crippen LogP contribution in [0.4, 0.5) is 11.4 Å². The first-order valence-corrected chi connectivity index (χ1v) is 10.7. The Bertz CT molecular complexity index is 863. The molecule has 0 bridgehead atoms. The molecule has 2 heterocycles. The van der Waals surface area contributed by atoms with Crippen molar-refractivity contribution in [3.63, 3.8) is 0 Å². The van der Waals surface area contributed by atoms with Crippen LogP contribution < -0.4 is 15.2 Å². The predicted octanol–water partition coefficient (Wildman–Crippen LogP) is 4.35. The average molecular weight is 391 g/mol. The molecule has 5 heteroatoms. The van der Waals surface area contributed by atoms with E-state index < -0.39 is 0 Å². The molecular weight excluding hydrogens is 360 g/mol. The van der Waals surface area contributed by atoms with Crippen LogP contribution in [0.25, 0.3) is 0 Å². The normalized spacial score (nSPS) is 17.1. The molecule has 0 spiro atoms. The number of hydrogen-bond acceptors (Lipinski definition) is 4. The van der Waals surface area contributed by atoms with Gasteiger partial charge in [-0.25, -0.2) is 5.43 Å². The minimum atomic E-state index is -0.184. The average Bonchev–Trinajstić information content (AvgIpc) is 3.30. The molecule has 0 aromatic heterocycles. The van der Waals surface area contributed by atoms with Crippen LogP contribution in [0.15, 0.2) is 47.6 Å². The second-order valence-corrected chi connectivity index (χ2v) is 8.03. The maximum Gasteiger partial charge on any atom is 0.271 e. The second kappa shape index (κ2) is 9.12. The van der Waals surface area contributed by atoms with Gasteiger partial charge in [-0.1, -0.05) is 6.07 Å². The summed E-state index contributed by atoms with van der Waals surface area (Å²) in [7, 11) is 0. The lowest BCUT2D eigenvalue weighted by Gasteiger charge is -2.29. The lowest BCUT2D eigenvalue weighted by atomic mass is 10.1. The number of anilines is 2. The van der Waals surface area contributed by atoms with E-state index in [1.165, 1.54) is 49.0 Å². The molecule has 29 heavy (non-hydrogen) atoms. The van der Waals surface area contributed by atoms with Crippen LogP contribution >= 0.6 is 0 Å². The highest BCUT2D eigenvalue weighted by Gasteiger charge is 2.13. The molecule has 2 aliphatic heterocycles. The molecule has 2 aliphatic rings. The van der Waals surface area contributed by atoms with E-state index in [2.05, 4.69) is 45.4 Å². The number of benzene rings is 2. The molecule has 5 nitrogen and oxygen atoms in total. The van der Waals surface area contributed by atoms with Crippen molar-refractivity contribution in [3.8, 4) is 0 Å². The van der Waals surface area contributed by atoms with Crippen LogP contribution in [0.5, 0.6) is 0 Å². The van der Waals surface area contributed by atoms with Crippen molar-refractivity contribution in [2.75, 3.05) is 36.0 Å². The van der Waals surface area contributed by atoms with Crippen molar-refractivity contribution in [2.24, 2.45) is 5.10 Å². The summed E-state index contributed by atoms with van der Waals surface area (Å²) in [5.41, 5.74) is 7.93. The highest BCUT2D eigenvalue weighted by Crippen LogP contribution is 2.22. The van der Waals surface area contributed by atoms with E-state index in [9.17, 15) is 4.79 Å². The third-order valence-corrected chi connectivity index (χ3v) is 5.95. The Labute approximate surface area is 173 Å². The molecule has 0 saturated carbocycles. The van der Waals surface area contributed by atoms with E-state index in [0.29, 0.717) is 5.56 Å². The van der Waals surface area contributed by atoms with Crippen molar-refractivity contribution in [1.82, 2.24) is 5.43 Å². The molecule has 1 amide bonds. The Morgan fingerprint density at radius 2 is 1.45 bits per heavy atom. The number of rotatable bonds is 5. The van der Waals surface area contributed by atoms with E-state index in [4.69, 9.17) is 0 Å². The van der Waals surface area contributed by atoms with E-state index in [-0.39, 0.29) is 5.91 Å². The molecule has 0 aliphatic carbocycles. The summed E-state index contributed by atoms with van der Waals surface area (Å²) in [6.45, 7) is 6.57. The van der Waals surface area contributed by atoms with Gasteiger partial charge in [0.05, 0.1) is 6.21 Å². The van der Waals surface area contributed by atoms with E-state index in [1.54, 1.807) is 6.21 Å². The SMILES string of the molecule is Cc1cc(N2CCCCC2)ccc1/C=N\NC(=O)c1ccc(N2CCCC2)cc1. The third-order valence-electron chi connectivity index (χ3n) is 5.95. The molecule has 0 radical (unpaired) electrons. The van der Waals surface area contributed by atoms with E-state index in [1.807, 2.05) is 24.3 Å². The van der Waals surface area contributed by atoms with Crippen LogP contribution in [-0.2, 0) is 0 Å². The van der Waals surface area contributed by atoms with Crippen molar-refractivity contribution in [1.29, 1.82) is 0 Å².